The molecule has 0 amide bonds. The highest BCUT2D eigenvalue weighted by molar-refractivity contribution is 9.09. The largest absolute Gasteiger partial charge is 0.369 e. The minimum atomic E-state index is -0.400. The number of hydrogen-bond acceptors (Lipinski definition) is 6. The molecule has 0 saturated heterocycles. The third kappa shape index (κ3) is 3.13. The average Bonchev–Trinajstić information content (AvgIpc) is 2.48. The predicted molar refractivity (Wildman–Crippen MR) is 82.5 cm³/mol. The number of carbonyl (C=O) groups is 1. The predicted octanol–water partition coefficient (Wildman–Crippen LogP) is 0.522. The summed E-state index contributed by atoms with van der Waals surface area (Å²) in [6, 6.07) is 0. The Balaban J connectivity index is 2.63. The molecule has 2 rings (SSSR count). The summed E-state index contributed by atoms with van der Waals surface area (Å²) in [4.78, 5) is 41.9. The van der Waals surface area contributed by atoms with Gasteiger partial charge in [0.2, 0.25) is 5.95 Å². The van der Waals surface area contributed by atoms with Gasteiger partial charge in [0.25, 0.3) is 5.56 Å². The molecular formula is C12H13BrN6O2. The van der Waals surface area contributed by atoms with Crippen molar-refractivity contribution in [2.75, 3.05) is 19.4 Å². The van der Waals surface area contributed by atoms with E-state index in [1.165, 1.54) is 24.2 Å². The van der Waals surface area contributed by atoms with E-state index in [0.29, 0.717) is 0 Å². The molecule has 110 valence electrons. The average molecular weight is 353 g/mol. The van der Waals surface area contributed by atoms with E-state index in [0.717, 1.165) is 0 Å². The molecule has 9 heteroatoms. The first kappa shape index (κ1) is 15.2. The Morgan fingerprint density at radius 2 is 2.19 bits per heavy atom. The molecular weight excluding hydrogens is 340 g/mol. The lowest BCUT2D eigenvalue weighted by molar-refractivity contribution is 0.101. The maximum atomic E-state index is 12.3. The minimum absolute atomic E-state index is 0.0492. The van der Waals surface area contributed by atoms with E-state index in [-0.39, 0.29) is 33.9 Å². The zero-order valence-electron chi connectivity index (χ0n) is 11.7. The SMILES string of the molecule is CN(C)/C=N/c1nc2ncc(C(=O)CBr)nc2c(=O)n1C. The number of hydrogen-bond donors (Lipinski definition) is 0. The lowest BCUT2D eigenvalue weighted by Crippen LogP contribution is -2.21. The van der Waals surface area contributed by atoms with Crippen LogP contribution >= 0.6 is 15.9 Å². The molecule has 0 radical (unpaired) electrons. The fourth-order valence-corrected chi connectivity index (χ4v) is 1.80. The van der Waals surface area contributed by atoms with Crippen LogP contribution in [0.1, 0.15) is 10.5 Å². The molecule has 2 aromatic heterocycles. The van der Waals surface area contributed by atoms with Crippen molar-refractivity contribution in [3.8, 4) is 0 Å². The number of fused-ring (bicyclic) bond motifs is 1. The second-order valence-corrected chi connectivity index (χ2v) is 5.03. The number of aromatic nitrogens is 4. The van der Waals surface area contributed by atoms with Crippen LogP contribution in [0.3, 0.4) is 0 Å². The summed E-state index contributed by atoms with van der Waals surface area (Å²) in [6.45, 7) is 0. The summed E-state index contributed by atoms with van der Waals surface area (Å²) in [5.74, 6) is -0.0313. The molecule has 0 aliphatic rings. The van der Waals surface area contributed by atoms with E-state index in [1.807, 2.05) is 0 Å². The van der Waals surface area contributed by atoms with Crippen molar-refractivity contribution in [3.05, 3.63) is 22.2 Å². The van der Waals surface area contributed by atoms with Crippen molar-refractivity contribution in [2.45, 2.75) is 0 Å². The number of rotatable bonds is 4. The van der Waals surface area contributed by atoms with E-state index in [4.69, 9.17) is 0 Å². The van der Waals surface area contributed by atoms with Gasteiger partial charge in [-0.2, -0.15) is 4.98 Å². The summed E-state index contributed by atoms with van der Waals surface area (Å²) in [5.41, 5.74) is -0.0614. The van der Waals surface area contributed by atoms with Crippen molar-refractivity contribution in [1.29, 1.82) is 0 Å². The van der Waals surface area contributed by atoms with Gasteiger partial charge in [-0.1, -0.05) is 15.9 Å². The second-order valence-electron chi connectivity index (χ2n) is 4.47. The fourth-order valence-electron chi connectivity index (χ4n) is 1.51. The van der Waals surface area contributed by atoms with Gasteiger partial charge in [0.1, 0.15) is 5.69 Å². The Bertz CT molecular complexity index is 783. The van der Waals surface area contributed by atoms with Gasteiger partial charge in [0.05, 0.1) is 17.9 Å². The summed E-state index contributed by atoms with van der Waals surface area (Å²) in [7, 11) is 5.15. The fraction of sp³-hybridized carbons (Fsp3) is 0.333. The molecule has 0 bridgehead atoms. The van der Waals surface area contributed by atoms with E-state index >= 15 is 0 Å². The Hall–Kier alpha value is -2.16. The molecule has 0 saturated carbocycles. The highest BCUT2D eigenvalue weighted by Crippen LogP contribution is 2.10. The Kier molecular flexibility index (Phi) is 4.41. The molecule has 21 heavy (non-hydrogen) atoms. The molecule has 0 aliphatic carbocycles. The molecule has 0 spiro atoms. The first-order valence-electron chi connectivity index (χ1n) is 5.97. The quantitative estimate of drug-likeness (QED) is 0.344. The topological polar surface area (TPSA) is 93.3 Å². The van der Waals surface area contributed by atoms with E-state index in [1.54, 1.807) is 19.0 Å². The molecule has 8 nitrogen and oxygen atoms in total. The Labute approximate surface area is 128 Å². The van der Waals surface area contributed by atoms with Crippen molar-refractivity contribution < 1.29 is 4.79 Å². The number of nitrogens with zero attached hydrogens (tertiary/aromatic N) is 6. The smallest absolute Gasteiger partial charge is 0.282 e. The van der Waals surface area contributed by atoms with Crippen LogP contribution in [0.25, 0.3) is 11.2 Å². The molecule has 0 atom stereocenters. The number of aliphatic imine (C=N–C) groups is 1. The summed E-state index contributed by atoms with van der Waals surface area (Å²) in [6.07, 6.45) is 2.83. The number of halogens is 1. The van der Waals surface area contributed by atoms with Crippen LogP contribution in [0.2, 0.25) is 0 Å². The zero-order valence-corrected chi connectivity index (χ0v) is 13.3. The number of ketones is 1. The van der Waals surface area contributed by atoms with Crippen molar-refractivity contribution in [2.24, 2.45) is 12.0 Å². The Morgan fingerprint density at radius 1 is 1.48 bits per heavy atom. The van der Waals surface area contributed by atoms with E-state index < -0.39 is 5.56 Å². The molecule has 0 N–H and O–H groups in total. The third-order valence-electron chi connectivity index (χ3n) is 2.58. The summed E-state index contributed by atoms with van der Waals surface area (Å²) < 4.78 is 1.26. The number of carbonyl (C=O) groups excluding carboxylic acids is 1. The lowest BCUT2D eigenvalue weighted by atomic mass is 10.3. The maximum absolute atomic E-state index is 12.3. The summed E-state index contributed by atoms with van der Waals surface area (Å²) in [5, 5.41) is 0.117. The molecule has 0 aliphatic heterocycles. The van der Waals surface area contributed by atoms with Gasteiger partial charge < -0.3 is 4.90 Å². The second kappa shape index (κ2) is 6.08. The molecule has 2 aromatic rings. The van der Waals surface area contributed by atoms with E-state index in [2.05, 4.69) is 35.9 Å². The normalized spacial score (nSPS) is 11.2. The van der Waals surface area contributed by atoms with Crippen LogP contribution in [-0.4, -0.2) is 56.0 Å². The van der Waals surface area contributed by atoms with Gasteiger partial charge in [-0.15, -0.1) is 0 Å². The highest BCUT2D eigenvalue weighted by Gasteiger charge is 2.13. The third-order valence-corrected chi connectivity index (χ3v) is 3.09. The monoisotopic (exact) mass is 352 g/mol. The van der Waals surface area contributed by atoms with Crippen LogP contribution < -0.4 is 5.56 Å². The van der Waals surface area contributed by atoms with Gasteiger partial charge in [-0.25, -0.2) is 15.0 Å². The standard InChI is InChI=1S/C12H13BrN6O2/c1-18(2)6-15-12-17-10-9(11(21)19(12)3)16-7(5-14-10)8(20)4-13/h5-6H,4H2,1-3H3/b15-6+. The van der Waals surface area contributed by atoms with Crippen molar-refractivity contribution in [1.82, 2.24) is 24.4 Å². The minimum Gasteiger partial charge on any atom is -0.369 e. The lowest BCUT2D eigenvalue weighted by Gasteiger charge is -2.06. The van der Waals surface area contributed by atoms with Crippen LogP contribution in [-0.2, 0) is 7.05 Å². The zero-order chi connectivity index (χ0) is 15.6. The summed E-state index contributed by atoms with van der Waals surface area (Å²) >= 11 is 3.05. The van der Waals surface area contributed by atoms with Crippen molar-refractivity contribution >= 4 is 45.2 Å². The van der Waals surface area contributed by atoms with Crippen LogP contribution in [0.15, 0.2) is 16.0 Å². The Morgan fingerprint density at radius 3 is 2.81 bits per heavy atom. The molecule has 0 aromatic carbocycles. The first-order chi connectivity index (χ1) is 9.93. The van der Waals surface area contributed by atoms with Crippen LogP contribution in [0, 0.1) is 0 Å². The van der Waals surface area contributed by atoms with Gasteiger partial charge >= 0.3 is 0 Å². The highest BCUT2D eigenvalue weighted by atomic mass is 79.9. The molecule has 0 unspecified atom stereocenters. The van der Waals surface area contributed by atoms with Crippen LogP contribution in [0.5, 0.6) is 0 Å². The van der Waals surface area contributed by atoms with Gasteiger partial charge in [0.15, 0.2) is 16.9 Å². The van der Waals surface area contributed by atoms with Crippen LogP contribution in [0.4, 0.5) is 5.95 Å². The maximum Gasteiger partial charge on any atom is 0.282 e. The first-order valence-corrected chi connectivity index (χ1v) is 7.09. The molecule has 2 heterocycles. The van der Waals surface area contributed by atoms with Gasteiger partial charge in [0, 0.05) is 21.1 Å². The molecule has 0 fully saturated rings. The van der Waals surface area contributed by atoms with Gasteiger partial charge in [-0.05, 0) is 0 Å². The van der Waals surface area contributed by atoms with E-state index in [9.17, 15) is 9.59 Å². The number of Topliss-reactive ketones (excluding diaryl/α,β-unsaturated/α-hetero) is 1. The van der Waals surface area contributed by atoms with Crippen molar-refractivity contribution in [3.63, 3.8) is 0 Å². The van der Waals surface area contributed by atoms with Gasteiger partial charge in [-0.3, -0.25) is 14.2 Å². The number of alkyl halides is 1.